The van der Waals surface area contributed by atoms with Crippen LogP contribution in [0.1, 0.15) is 6.92 Å². The minimum Gasteiger partial charge on any atom is -0.351 e. The molecule has 3 aromatic rings. The van der Waals surface area contributed by atoms with Gasteiger partial charge in [0.25, 0.3) is 0 Å². The van der Waals surface area contributed by atoms with Gasteiger partial charge >= 0.3 is 0 Å². The fourth-order valence-electron chi connectivity index (χ4n) is 3.21. The molecule has 1 aromatic carbocycles. The molecule has 3 heterocycles. The van der Waals surface area contributed by atoms with E-state index in [1.807, 2.05) is 12.3 Å². The molecule has 0 aliphatic carbocycles. The van der Waals surface area contributed by atoms with Gasteiger partial charge in [-0.25, -0.2) is 14.4 Å². The lowest BCUT2D eigenvalue weighted by Gasteiger charge is -2.35. The zero-order chi connectivity index (χ0) is 15.8. The van der Waals surface area contributed by atoms with Gasteiger partial charge in [-0.05, 0) is 13.0 Å². The summed E-state index contributed by atoms with van der Waals surface area (Å²) in [5.41, 5.74) is 2.11. The summed E-state index contributed by atoms with van der Waals surface area (Å²) >= 11 is 0. The van der Waals surface area contributed by atoms with Crippen molar-refractivity contribution in [1.82, 2.24) is 20.3 Å². The molecule has 4 rings (SSSR count). The zero-order valence-corrected chi connectivity index (χ0v) is 12.9. The number of nitrogens with one attached hydrogen (secondary N) is 2. The molecule has 6 heteroatoms. The first-order valence-electron chi connectivity index (χ1n) is 7.80. The van der Waals surface area contributed by atoms with Crippen LogP contribution in [-0.4, -0.2) is 40.6 Å². The Kier molecular flexibility index (Phi) is 3.46. The Labute approximate surface area is 133 Å². The Balaban J connectivity index is 1.92. The van der Waals surface area contributed by atoms with E-state index in [4.69, 9.17) is 0 Å². The van der Waals surface area contributed by atoms with Gasteiger partial charge in [-0.15, -0.1) is 0 Å². The lowest BCUT2D eigenvalue weighted by Crippen LogP contribution is -2.50. The van der Waals surface area contributed by atoms with Gasteiger partial charge in [0, 0.05) is 43.0 Å². The summed E-state index contributed by atoms with van der Waals surface area (Å²) in [4.78, 5) is 14.2. The number of hydrogen-bond donors (Lipinski definition) is 2. The molecule has 1 aliphatic heterocycles. The van der Waals surface area contributed by atoms with Crippen molar-refractivity contribution >= 4 is 16.9 Å². The van der Waals surface area contributed by atoms with Crippen molar-refractivity contribution in [3.63, 3.8) is 0 Å². The van der Waals surface area contributed by atoms with Crippen molar-refractivity contribution < 1.29 is 4.39 Å². The number of benzene rings is 1. The van der Waals surface area contributed by atoms with Crippen molar-refractivity contribution in [3.8, 4) is 11.1 Å². The van der Waals surface area contributed by atoms with Crippen LogP contribution < -0.4 is 10.2 Å². The average molecular weight is 311 g/mol. The van der Waals surface area contributed by atoms with E-state index < -0.39 is 0 Å². The van der Waals surface area contributed by atoms with Crippen LogP contribution in [0, 0.1) is 5.82 Å². The standard InChI is InChI=1S/C17H18FN5/c1-11-8-19-6-7-23(11)17-15-13(9-20-16(15)21-10-22-17)12-4-2-3-5-14(12)18/h2-5,9-11,19H,6-8H2,1H3,(H,20,21,22)/t11-/m0/s1. The number of aromatic amines is 1. The zero-order valence-electron chi connectivity index (χ0n) is 12.9. The number of fused-ring (bicyclic) bond motifs is 1. The van der Waals surface area contributed by atoms with Crippen molar-refractivity contribution in [2.45, 2.75) is 13.0 Å². The van der Waals surface area contributed by atoms with E-state index in [1.165, 1.54) is 6.07 Å². The van der Waals surface area contributed by atoms with E-state index in [1.54, 1.807) is 18.5 Å². The van der Waals surface area contributed by atoms with Gasteiger partial charge < -0.3 is 15.2 Å². The maximum absolute atomic E-state index is 14.3. The predicted octanol–water partition coefficient (Wildman–Crippen LogP) is 2.56. The smallest absolute Gasteiger partial charge is 0.143 e. The molecule has 1 fully saturated rings. The Morgan fingerprint density at radius 1 is 1.22 bits per heavy atom. The van der Waals surface area contributed by atoms with Gasteiger partial charge in [-0.1, -0.05) is 18.2 Å². The van der Waals surface area contributed by atoms with Crippen LogP contribution in [0.2, 0.25) is 0 Å². The molecule has 1 saturated heterocycles. The Morgan fingerprint density at radius 2 is 2.09 bits per heavy atom. The fraction of sp³-hybridized carbons (Fsp3) is 0.294. The number of anilines is 1. The molecule has 0 spiro atoms. The Hall–Kier alpha value is -2.47. The lowest BCUT2D eigenvalue weighted by molar-refractivity contribution is 0.498. The highest BCUT2D eigenvalue weighted by atomic mass is 19.1. The highest BCUT2D eigenvalue weighted by Crippen LogP contribution is 2.35. The minimum atomic E-state index is -0.239. The summed E-state index contributed by atoms with van der Waals surface area (Å²) in [6.07, 6.45) is 3.38. The molecule has 0 saturated carbocycles. The molecule has 1 atom stereocenters. The molecule has 0 bridgehead atoms. The maximum atomic E-state index is 14.3. The monoisotopic (exact) mass is 311 g/mol. The number of hydrogen-bond acceptors (Lipinski definition) is 4. The number of aromatic nitrogens is 3. The third-order valence-corrected chi connectivity index (χ3v) is 4.39. The second-order valence-electron chi connectivity index (χ2n) is 5.85. The van der Waals surface area contributed by atoms with Gasteiger partial charge in [-0.3, -0.25) is 0 Å². The van der Waals surface area contributed by atoms with Crippen LogP contribution in [0.15, 0.2) is 36.8 Å². The van der Waals surface area contributed by atoms with Crippen LogP contribution in [0.5, 0.6) is 0 Å². The predicted molar refractivity (Wildman–Crippen MR) is 89.0 cm³/mol. The number of halogens is 1. The quantitative estimate of drug-likeness (QED) is 0.764. The third kappa shape index (κ3) is 2.35. The summed E-state index contributed by atoms with van der Waals surface area (Å²) in [6.45, 7) is 4.85. The summed E-state index contributed by atoms with van der Waals surface area (Å²) in [6, 6.07) is 7.13. The van der Waals surface area contributed by atoms with E-state index in [9.17, 15) is 4.39 Å². The first-order chi connectivity index (χ1) is 11.3. The van der Waals surface area contributed by atoms with E-state index >= 15 is 0 Å². The van der Waals surface area contributed by atoms with E-state index in [2.05, 4.69) is 32.1 Å². The first kappa shape index (κ1) is 14.1. The average Bonchev–Trinajstić information content (AvgIpc) is 3.00. The molecule has 2 aromatic heterocycles. The van der Waals surface area contributed by atoms with Crippen LogP contribution in [0.3, 0.4) is 0 Å². The van der Waals surface area contributed by atoms with Gasteiger partial charge in [0.15, 0.2) is 0 Å². The molecule has 1 aliphatic rings. The molecular weight excluding hydrogens is 293 g/mol. The van der Waals surface area contributed by atoms with E-state index in [0.717, 1.165) is 42.0 Å². The van der Waals surface area contributed by atoms with Gasteiger partial charge in [0.05, 0.1) is 5.39 Å². The largest absolute Gasteiger partial charge is 0.351 e. The summed E-state index contributed by atoms with van der Waals surface area (Å²) in [5.74, 6) is 0.625. The summed E-state index contributed by atoms with van der Waals surface area (Å²) in [7, 11) is 0. The van der Waals surface area contributed by atoms with Crippen molar-refractivity contribution in [3.05, 3.63) is 42.6 Å². The fourth-order valence-corrected chi connectivity index (χ4v) is 3.21. The summed E-state index contributed by atoms with van der Waals surface area (Å²) < 4.78 is 14.3. The van der Waals surface area contributed by atoms with Gasteiger partial charge in [-0.2, -0.15) is 0 Å². The molecule has 23 heavy (non-hydrogen) atoms. The Morgan fingerprint density at radius 3 is 2.91 bits per heavy atom. The highest BCUT2D eigenvalue weighted by Gasteiger charge is 2.24. The minimum absolute atomic E-state index is 0.239. The topological polar surface area (TPSA) is 56.8 Å². The second kappa shape index (κ2) is 5.62. The maximum Gasteiger partial charge on any atom is 0.143 e. The number of rotatable bonds is 2. The second-order valence-corrected chi connectivity index (χ2v) is 5.85. The van der Waals surface area contributed by atoms with E-state index in [0.29, 0.717) is 11.6 Å². The first-order valence-corrected chi connectivity index (χ1v) is 7.80. The molecule has 0 radical (unpaired) electrons. The molecule has 0 unspecified atom stereocenters. The number of nitrogens with zero attached hydrogens (tertiary/aromatic N) is 3. The third-order valence-electron chi connectivity index (χ3n) is 4.39. The molecule has 0 amide bonds. The van der Waals surface area contributed by atoms with Gasteiger partial charge in [0.1, 0.15) is 23.6 Å². The molecule has 2 N–H and O–H groups in total. The number of H-pyrrole nitrogens is 1. The van der Waals surface area contributed by atoms with Crippen LogP contribution in [0.25, 0.3) is 22.2 Å². The highest BCUT2D eigenvalue weighted by molar-refractivity contribution is 6.01. The van der Waals surface area contributed by atoms with Crippen LogP contribution in [0.4, 0.5) is 10.2 Å². The van der Waals surface area contributed by atoms with Crippen LogP contribution >= 0.6 is 0 Å². The lowest BCUT2D eigenvalue weighted by atomic mass is 10.0. The number of piperazine rings is 1. The van der Waals surface area contributed by atoms with Crippen molar-refractivity contribution in [2.75, 3.05) is 24.5 Å². The van der Waals surface area contributed by atoms with Crippen LogP contribution in [-0.2, 0) is 0 Å². The van der Waals surface area contributed by atoms with E-state index in [-0.39, 0.29) is 5.82 Å². The molecular formula is C17H18FN5. The normalized spacial score (nSPS) is 18.5. The van der Waals surface area contributed by atoms with Crippen molar-refractivity contribution in [2.24, 2.45) is 0 Å². The molecule has 5 nitrogen and oxygen atoms in total. The van der Waals surface area contributed by atoms with Crippen molar-refractivity contribution in [1.29, 1.82) is 0 Å². The summed E-state index contributed by atoms with van der Waals surface area (Å²) in [5, 5.41) is 4.26. The SMILES string of the molecule is C[C@H]1CNCCN1c1ncnc2[nH]cc(-c3ccccc3F)c12. The Bertz CT molecular complexity index is 844. The van der Waals surface area contributed by atoms with Gasteiger partial charge in [0.2, 0.25) is 0 Å². The molecule has 118 valence electrons.